The third kappa shape index (κ3) is 4.30. The van der Waals surface area contributed by atoms with Crippen molar-refractivity contribution in [2.75, 3.05) is 10.6 Å². The molecule has 0 bridgehead atoms. The summed E-state index contributed by atoms with van der Waals surface area (Å²) >= 11 is 5.79. The highest BCUT2D eigenvalue weighted by Crippen LogP contribution is 2.20. The van der Waals surface area contributed by atoms with Crippen LogP contribution in [0.4, 0.5) is 26.0 Å². The Morgan fingerprint density at radius 1 is 1.00 bits per heavy atom. The minimum absolute atomic E-state index is 0.0901. The van der Waals surface area contributed by atoms with Gasteiger partial charge in [-0.2, -0.15) is 0 Å². The van der Waals surface area contributed by atoms with E-state index in [9.17, 15) is 13.6 Å². The molecule has 1 heterocycles. The standard InChI is InChI=1S/C18H12ClF2N3O/c19-12-2-5-14(6-3-12)23-18(25)11-1-8-17(22-10-11)24-16-7-4-13(20)9-15(16)21/h1-10H,(H,22,24)(H,23,25). The Kier molecular flexibility index (Phi) is 4.90. The van der Waals surface area contributed by atoms with E-state index in [2.05, 4.69) is 15.6 Å². The largest absolute Gasteiger partial charge is 0.338 e. The average Bonchev–Trinajstić information content (AvgIpc) is 2.60. The molecular weight excluding hydrogens is 348 g/mol. The molecule has 3 aromatic rings. The quantitative estimate of drug-likeness (QED) is 0.688. The number of carbonyl (C=O) groups is 1. The third-order valence-corrected chi connectivity index (χ3v) is 3.57. The summed E-state index contributed by atoms with van der Waals surface area (Å²) in [4.78, 5) is 16.2. The number of benzene rings is 2. The Hall–Kier alpha value is -2.99. The van der Waals surface area contributed by atoms with Crippen molar-refractivity contribution in [2.24, 2.45) is 0 Å². The molecule has 0 fully saturated rings. The molecule has 0 aliphatic carbocycles. The highest BCUT2D eigenvalue weighted by atomic mass is 35.5. The minimum Gasteiger partial charge on any atom is -0.338 e. The van der Waals surface area contributed by atoms with Crippen LogP contribution < -0.4 is 10.6 Å². The fraction of sp³-hybridized carbons (Fsp3) is 0. The third-order valence-electron chi connectivity index (χ3n) is 3.32. The monoisotopic (exact) mass is 359 g/mol. The Morgan fingerprint density at radius 2 is 1.76 bits per heavy atom. The number of rotatable bonds is 4. The van der Waals surface area contributed by atoms with E-state index in [0.29, 0.717) is 22.1 Å². The zero-order chi connectivity index (χ0) is 17.8. The molecule has 0 saturated heterocycles. The summed E-state index contributed by atoms with van der Waals surface area (Å²) in [7, 11) is 0. The van der Waals surface area contributed by atoms with Gasteiger partial charge in [0, 0.05) is 23.0 Å². The second-order valence-electron chi connectivity index (χ2n) is 5.14. The van der Waals surface area contributed by atoms with E-state index < -0.39 is 11.6 Å². The number of nitrogens with one attached hydrogen (secondary N) is 2. The lowest BCUT2D eigenvalue weighted by atomic mass is 10.2. The molecule has 0 unspecified atom stereocenters. The van der Waals surface area contributed by atoms with Crippen LogP contribution in [-0.4, -0.2) is 10.9 Å². The van der Waals surface area contributed by atoms with Gasteiger partial charge in [0.05, 0.1) is 11.3 Å². The van der Waals surface area contributed by atoms with Crippen molar-refractivity contribution >= 4 is 34.7 Å². The Morgan fingerprint density at radius 3 is 2.40 bits per heavy atom. The molecule has 0 saturated carbocycles. The van der Waals surface area contributed by atoms with Crippen LogP contribution in [0.15, 0.2) is 60.8 Å². The fourth-order valence-electron chi connectivity index (χ4n) is 2.07. The normalized spacial score (nSPS) is 10.4. The maximum absolute atomic E-state index is 13.6. The molecule has 2 aromatic carbocycles. The number of halogens is 3. The van der Waals surface area contributed by atoms with Gasteiger partial charge >= 0.3 is 0 Å². The summed E-state index contributed by atoms with van der Waals surface area (Å²) in [6, 6.07) is 13.0. The molecule has 25 heavy (non-hydrogen) atoms. The number of hydrogen-bond acceptors (Lipinski definition) is 3. The molecule has 1 amide bonds. The molecule has 3 rings (SSSR count). The van der Waals surface area contributed by atoms with Crippen LogP contribution in [0.5, 0.6) is 0 Å². The van der Waals surface area contributed by atoms with Crippen molar-refractivity contribution in [1.29, 1.82) is 0 Å². The smallest absolute Gasteiger partial charge is 0.257 e. The van der Waals surface area contributed by atoms with E-state index in [4.69, 9.17) is 11.6 Å². The molecule has 7 heteroatoms. The van der Waals surface area contributed by atoms with E-state index in [-0.39, 0.29) is 11.6 Å². The summed E-state index contributed by atoms with van der Waals surface area (Å²) in [5.41, 5.74) is 1.03. The Labute approximate surface area is 147 Å². The number of aromatic nitrogens is 1. The number of anilines is 3. The zero-order valence-corrected chi connectivity index (χ0v) is 13.5. The number of nitrogens with zero attached hydrogens (tertiary/aromatic N) is 1. The first kappa shape index (κ1) is 16.9. The topological polar surface area (TPSA) is 54.0 Å². The first-order valence-electron chi connectivity index (χ1n) is 7.26. The van der Waals surface area contributed by atoms with Crippen molar-refractivity contribution in [3.63, 3.8) is 0 Å². The zero-order valence-electron chi connectivity index (χ0n) is 12.8. The molecule has 0 aliphatic rings. The Bertz CT molecular complexity index is 899. The number of hydrogen-bond donors (Lipinski definition) is 2. The molecule has 1 aromatic heterocycles. The van der Waals surface area contributed by atoms with Crippen molar-refractivity contribution in [2.45, 2.75) is 0 Å². The highest BCUT2D eigenvalue weighted by Gasteiger charge is 2.08. The van der Waals surface area contributed by atoms with Crippen LogP contribution >= 0.6 is 11.6 Å². The molecule has 0 atom stereocenters. The second-order valence-corrected chi connectivity index (χ2v) is 5.58. The van der Waals surface area contributed by atoms with E-state index in [0.717, 1.165) is 12.1 Å². The van der Waals surface area contributed by atoms with Gasteiger partial charge in [0.15, 0.2) is 0 Å². The molecule has 126 valence electrons. The molecule has 0 spiro atoms. The lowest BCUT2D eigenvalue weighted by Crippen LogP contribution is -2.12. The second kappa shape index (κ2) is 7.27. The number of pyridine rings is 1. The van der Waals surface area contributed by atoms with Crippen LogP contribution in [0.2, 0.25) is 5.02 Å². The number of carbonyl (C=O) groups excluding carboxylic acids is 1. The van der Waals surface area contributed by atoms with E-state index in [1.807, 2.05) is 0 Å². The molecule has 4 nitrogen and oxygen atoms in total. The van der Waals surface area contributed by atoms with Gasteiger partial charge in [-0.3, -0.25) is 4.79 Å². The van der Waals surface area contributed by atoms with Crippen molar-refractivity contribution in [3.8, 4) is 0 Å². The van der Waals surface area contributed by atoms with Gasteiger partial charge in [0.1, 0.15) is 17.5 Å². The molecular formula is C18H12ClF2N3O. The van der Waals surface area contributed by atoms with E-state index in [1.54, 1.807) is 30.3 Å². The van der Waals surface area contributed by atoms with Crippen molar-refractivity contribution < 1.29 is 13.6 Å². The highest BCUT2D eigenvalue weighted by molar-refractivity contribution is 6.30. The lowest BCUT2D eigenvalue weighted by Gasteiger charge is -2.08. The first-order valence-corrected chi connectivity index (χ1v) is 7.64. The molecule has 0 radical (unpaired) electrons. The van der Waals surface area contributed by atoms with Gasteiger partial charge in [-0.25, -0.2) is 13.8 Å². The average molecular weight is 360 g/mol. The summed E-state index contributed by atoms with van der Waals surface area (Å²) in [5, 5.41) is 6.00. The van der Waals surface area contributed by atoms with Gasteiger partial charge in [-0.15, -0.1) is 0 Å². The fourth-order valence-corrected chi connectivity index (χ4v) is 2.19. The van der Waals surface area contributed by atoms with Gasteiger partial charge in [-0.05, 0) is 48.5 Å². The summed E-state index contributed by atoms with van der Waals surface area (Å²) < 4.78 is 26.5. The van der Waals surface area contributed by atoms with Gasteiger partial charge in [-0.1, -0.05) is 11.6 Å². The van der Waals surface area contributed by atoms with Crippen LogP contribution in [0.3, 0.4) is 0 Å². The summed E-state index contributed by atoms with van der Waals surface area (Å²) in [6.07, 6.45) is 1.36. The van der Waals surface area contributed by atoms with Gasteiger partial charge in [0.25, 0.3) is 5.91 Å². The molecule has 0 aliphatic heterocycles. The van der Waals surface area contributed by atoms with Crippen LogP contribution in [0.1, 0.15) is 10.4 Å². The Balaban J connectivity index is 1.69. The SMILES string of the molecule is O=C(Nc1ccc(Cl)cc1)c1ccc(Nc2ccc(F)cc2F)nc1. The van der Waals surface area contributed by atoms with Gasteiger partial charge < -0.3 is 10.6 Å². The summed E-state index contributed by atoms with van der Waals surface area (Å²) in [5.74, 6) is -1.40. The van der Waals surface area contributed by atoms with Crippen molar-refractivity contribution in [3.05, 3.63) is 83.0 Å². The van der Waals surface area contributed by atoms with Crippen LogP contribution in [0, 0.1) is 11.6 Å². The van der Waals surface area contributed by atoms with E-state index >= 15 is 0 Å². The van der Waals surface area contributed by atoms with Gasteiger partial charge in [0.2, 0.25) is 0 Å². The number of amides is 1. The maximum Gasteiger partial charge on any atom is 0.257 e. The lowest BCUT2D eigenvalue weighted by molar-refractivity contribution is 0.102. The van der Waals surface area contributed by atoms with Crippen LogP contribution in [-0.2, 0) is 0 Å². The van der Waals surface area contributed by atoms with E-state index in [1.165, 1.54) is 18.3 Å². The minimum atomic E-state index is -0.730. The van der Waals surface area contributed by atoms with Crippen LogP contribution in [0.25, 0.3) is 0 Å². The predicted molar refractivity (Wildman–Crippen MR) is 93.3 cm³/mol. The molecule has 2 N–H and O–H groups in total. The van der Waals surface area contributed by atoms with Crippen molar-refractivity contribution in [1.82, 2.24) is 4.98 Å². The predicted octanol–water partition coefficient (Wildman–Crippen LogP) is 5.01. The first-order chi connectivity index (χ1) is 12.0. The maximum atomic E-state index is 13.6. The summed E-state index contributed by atoms with van der Waals surface area (Å²) in [6.45, 7) is 0.